The van der Waals surface area contributed by atoms with E-state index in [2.05, 4.69) is 15.9 Å². The molecule has 1 aromatic rings. The van der Waals surface area contributed by atoms with Gasteiger partial charge in [-0.05, 0) is 15.9 Å². The van der Waals surface area contributed by atoms with Crippen molar-refractivity contribution < 1.29 is 13.2 Å². The van der Waals surface area contributed by atoms with E-state index >= 15 is 0 Å². The zero-order valence-corrected chi connectivity index (χ0v) is 8.15. The van der Waals surface area contributed by atoms with Gasteiger partial charge in [0.15, 0.2) is 0 Å². The predicted octanol–water partition coefficient (Wildman–Crippen LogP) is 0.861. The van der Waals surface area contributed by atoms with Crippen molar-refractivity contribution in [1.82, 2.24) is 9.55 Å². The molecule has 8 heteroatoms. The summed E-state index contributed by atoms with van der Waals surface area (Å²) in [4.78, 5) is 23.4. The number of hydrogen-bond acceptors (Lipinski definition) is 2. The maximum absolute atomic E-state index is 11.9. The van der Waals surface area contributed by atoms with Crippen LogP contribution in [0.4, 0.5) is 13.2 Å². The summed E-state index contributed by atoms with van der Waals surface area (Å²) in [5.41, 5.74) is -1.84. The van der Waals surface area contributed by atoms with Crippen molar-refractivity contribution in [2.24, 2.45) is 0 Å². The molecule has 78 valence electrons. The van der Waals surface area contributed by atoms with E-state index in [0.717, 1.165) is 6.20 Å². The third-order valence-corrected chi connectivity index (χ3v) is 1.88. The third-order valence-electron chi connectivity index (χ3n) is 1.32. The van der Waals surface area contributed by atoms with Crippen molar-refractivity contribution in [2.45, 2.75) is 12.7 Å². The van der Waals surface area contributed by atoms with Crippen LogP contribution in [0, 0.1) is 0 Å². The standard InChI is InChI=1S/C6H4BrF3N2O2/c7-3-1-12(2-6(8,9)10)5(14)11-4(3)13/h1H,2H2,(H,11,13,14). The van der Waals surface area contributed by atoms with Crippen LogP contribution in [0.15, 0.2) is 20.3 Å². The van der Waals surface area contributed by atoms with E-state index in [4.69, 9.17) is 0 Å². The smallest absolute Gasteiger partial charge is 0.290 e. The van der Waals surface area contributed by atoms with Crippen LogP contribution in [-0.2, 0) is 6.54 Å². The molecule has 0 saturated carbocycles. The third kappa shape index (κ3) is 2.72. The van der Waals surface area contributed by atoms with Gasteiger partial charge in [0.1, 0.15) is 6.54 Å². The van der Waals surface area contributed by atoms with Gasteiger partial charge >= 0.3 is 11.9 Å². The number of alkyl halides is 3. The van der Waals surface area contributed by atoms with Gasteiger partial charge in [0, 0.05) is 6.20 Å². The first kappa shape index (κ1) is 11.0. The van der Waals surface area contributed by atoms with Crippen molar-refractivity contribution in [3.05, 3.63) is 31.5 Å². The fourth-order valence-corrected chi connectivity index (χ4v) is 1.14. The summed E-state index contributed by atoms with van der Waals surface area (Å²) in [5.74, 6) is 0. The minimum Gasteiger partial charge on any atom is -0.290 e. The Hall–Kier alpha value is -1.05. The monoisotopic (exact) mass is 272 g/mol. The van der Waals surface area contributed by atoms with Crippen molar-refractivity contribution in [1.29, 1.82) is 0 Å². The topological polar surface area (TPSA) is 54.9 Å². The highest BCUT2D eigenvalue weighted by Crippen LogP contribution is 2.16. The van der Waals surface area contributed by atoms with Gasteiger partial charge in [-0.3, -0.25) is 14.3 Å². The lowest BCUT2D eigenvalue weighted by molar-refractivity contribution is -0.141. The van der Waals surface area contributed by atoms with E-state index in [1.54, 1.807) is 4.98 Å². The maximum Gasteiger partial charge on any atom is 0.406 e. The number of H-pyrrole nitrogens is 1. The van der Waals surface area contributed by atoms with Crippen LogP contribution in [0.25, 0.3) is 0 Å². The molecule has 0 aliphatic heterocycles. The van der Waals surface area contributed by atoms with Gasteiger partial charge in [-0.2, -0.15) is 13.2 Å². The summed E-state index contributed by atoms with van der Waals surface area (Å²) in [6, 6.07) is 0. The molecule has 0 aliphatic carbocycles. The fraction of sp³-hybridized carbons (Fsp3) is 0.333. The molecular formula is C6H4BrF3N2O2. The lowest BCUT2D eigenvalue weighted by atomic mass is 10.5. The van der Waals surface area contributed by atoms with Crippen molar-refractivity contribution in [3.8, 4) is 0 Å². The largest absolute Gasteiger partial charge is 0.406 e. The highest BCUT2D eigenvalue weighted by Gasteiger charge is 2.28. The summed E-state index contributed by atoms with van der Waals surface area (Å²) in [6.07, 6.45) is -3.70. The van der Waals surface area contributed by atoms with Gasteiger partial charge in [-0.15, -0.1) is 0 Å². The average molecular weight is 273 g/mol. The van der Waals surface area contributed by atoms with E-state index in [-0.39, 0.29) is 4.47 Å². The maximum atomic E-state index is 11.9. The Kier molecular flexibility index (Phi) is 2.84. The van der Waals surface area contributed by atoms with Gasteiger partial charge in [0.2, 0.25) is 0 Å². The van der Waals surface area contributed by atoms with Gasteiger partial charge in [-0.25, -0.2) is 4.79 Å². The zero-order chi connectivity index (χ0) is 10.9. The number of aromatic nitrogens is 2. The molecule has 0 atom stereocenters. The fourth-order valence-electron chi connectivity index (χ4n) is 0.793. The number of rotatable bonds is 1. The SMILES string of the molecule is O=c1[nH]c(=O)n(CC(F)(F)F)cc1Br. The van der Waals surface area contributed by atoms with Gasteiger partial charge in [0.25, 0.3) is 5.56 Å². The van der Waals surface area contributed by atoms with Gasteiger partial charge in [-0.1, -0.05) is 0 Å². The molecule has 0 saturated heterocycles. The number of halogens is 4. The molecule has 0 unspecified atom stereocenters. The van der Waals surface area contributed by atoms with Crippen LogP contribution in [0.1, 0.15) is 0 Å². The van der Waals surface area contributed by atoms with Crippen LogP contribution in [0.3, 0.4) is 0 Å². The molecule has 1 aromatic heterocycles. The second-order valence-electron chi connectivity index (χ2n) is 2.48. The predicted molar refractivity (Wildman–Crippen MR) is 45.1 cm³/mol. The lowest BCUT2D eigenvalue weighted by Crippen LogP contribution is -2.33. The quantitative estimate of drug-likeness (QED) is 0.825. The van der Waals surface area contributed by atoms with E-state index < -0.39 is 24.0 Å². The van der Waals surface area contributed by atoms with Crippen molar-refractivity contribution in [2.75, 3.05) is 0 Å². The van der Waals surface area contributed by atoms with Crippen LogP contribution < -0.4 is 11.2 Å². The summed E-state index contributed by atoms with van der Waals surface area (Å²) in [6.45, 7) is -1.43. The number of nitrogens with one attached hydrogen (secondary N) is 1. The van der Waals surface area contributed by atoms with Crippen LogP contribution in [0.2, 0.25) is 0 Å². The number of hydrogen-bond donors (Lipinski definition) is 1. The minimum absolute atomic E-state index is 0.124. The first-order valence-corrected chi connectivity index (χ1v) is 4.15. The highest BCUT2D eigenvalue weighted by molar-refractivity contribution is 9.10. The first-order chi connectivity index (χ1) is 6.29. The second kappa shape index (κ2) is 3.60. The molecule has 4 nitrogen and oxygen atoms in total. The van der Waals surface area contributed by atoms with Crippen LogP contribution >= 0.6 is 15.9 Å². The molecule has 0 aliphatic rings. The normalized spacial score (nSPS) is 11.7. The Labute approximate surface area is 83.5 Å². The Balaban J connectivity index is 3.18. The highest BCUT2D eigenvalue weighted by atomic mass is 79.9. The Morgan fingerprint density at radius 2 is 2.00 bits per heavy atom. The molecule has 1 N–H and O–H groups in total. The molecule has 0 bridgehead atoms. The zero-order valence-electron chi connectivity index (χ0n) is 6.56. The van der Waals surface area contributed by atoms with Crippen LogP contribution in [0.5, 0.6) is 0 Å². The molecule has 1 rings (SSSR count). The Morgan fingerprint density at radius 1 is 1.43 bits per heavy atom. The molecular weight excluding hydrogens is 269 g/mol. The first-order valence-electron chi connectivity index (χ1n) is 3.35. The Morgan fingerprint density at radius 3 is 2.50 bits per heavy atom. The second-order valence-corrected chi connectivity index (χ2v) is 3.33. The summed E-state index contributed by atoms with van der Waals surface area (Å²) < 4.78 is 35.9. The van der Waals surface area contributed by atoms with Gasteiger partial charge < -0.3 is 0 Å². The number of aromatic amines is 1. The van der Waals surface area contributed by atoms with E-state index in [1.165, 1.54) is 0 Å². The van der Waals surface area contributed by atoms with E-state index in [9.17, 15) is 22.8 Å². The molecule has 0 amide bonds. The summed E-state index contributed by atoms with van der Waals surface area (Å²) >= 11 is 2.72. The Bertz CT molecular complexity index is 448. The molecule has 1 heterocycles. The molecule has 0 radical (unpaired) electrons. The lowest BCUT2D eigenvalue weighted by Gasteiger charge is -2.08. The summed E-state index contributed by atoms with van der Waals surface area (Å²) in [7, 11) is 0. The molecule has 14 heavy (non-hydrogen) atoms. The van der Waals surface area contributed by atoms with Crippen molar-refractivity contribution in [3.63, 3.8) is 0 Å². The van der Waals surface area contributed by atoms with Crippen molar-refractivity contribution >= 4 is 15.9 Å². The van der Waals surface area contributed by atoms with Gasteiger partial charge in [0.05, 0.1) is 4.47 Å². The summed E-state index contributed by atoms with van der Waals surface area (Å²) in [5, 5.41) is 0. The minimum atomic E-state index is -4.50. The van der Waals surface area contributed by atoms with E-state index in [0.29, 0.717) is 4.57 Å². The molecule has 0 fully saturated rings. The number of nitrogens with zero attached hydrogens (tertiary/aromatic N) is 1. The van der Waals surface area contributed by atoms with E-state index in [1.807, 2.05) is 0 Å². The van der Waals surface area contributed by atoms with Crippen LogP contribution in [-0.4, -0.2) is 15.7 Å². The average Bonchev–Trinajstić information content (AvgIpc) is 1.97. The molecule has 0 spiro atoms. The molecule has 0 aromatic carbocycles.